The third-order valence-corrected chi connectivity index (χ3v) is 8.02. The SMILES string of the molecule is O=C(c1ccc(S(=O)(=O)N2CCCCC2)o1)N(Cc1ccc(F)cc1)C1CCCCC1. The van der Waals surface area contributed by atoms with Crippen LogP contribution in [0.3, 0.4) is 0 Å². The number of rotatable bonds is 6. The van der Waals surface area contributed by atoms with Crippen molar-refractivity contribution in [3.8, 4) is 0 Å². The summed E-state index contributed by atoms with van der Waals surface area (Å²) >= 11 is 0. The van der Waals surface area contributed by atoms with Crippen molar-refractivity contribution in [3.05, 3.63) is 53.5 Å². The quantitative estimate of drug-likeness (QED) is 0.649. The zero-order valence-electron chi connectivity index (χ0n) is 17.6. The van der Waals surface area contributed by atoms with Crippen LogP contribution in [0.15, 0.2) is 45.9 Å². The molecule has 2 fully saturated rings. The van der Waals surface area contributed by atoms with Crippen LogP contribution in [0.5, 0.6) is 0 Å². The molecule has 0 bridgehead atoms. The lowest BCUT2D eigenvalue weighted by atomic mass is 9.93. The van der Waals surface area contributed by atoms with E-state index < -0.39 is 10.0 Å². The molecule has 31 heavy (non-hydrogen) atoms. The average Bonchev–Trinajstić information content (AvgIpc) is 3.31. The number of hydrogen-bond acceptors (Lipinski definition) is 4. The van der Waals surface area contributed by atoms with Gasteiger partial charge in [0, 0.05) is 25.7 Å². The fourth-order valence-corrected chi connectivity index (χ4v) is 5.92. The third-order valence-electron chi connectivity index (χ3n) is 6.24. The average molecular weight is 449 g/mol. The van der Waals surface area contributed by atoms with Gasteiger partial charge >= 0.3 is 0 Å². The summed E-state index contributed by atoms with van der Waals surface area (Å²) in [5.74, 6) is -0.613. The number of halogens is 1. The molecule has 1 saturated heterocycles. The van der Waals surface area contributed by atoms with Crippen molar-refractivity contribution in [1.82, 2.24) is 9.21 Å². The summed E-state index contributed by atoms with van der Waals surface area (Å²) in [4.78, 5) is 15.1. The van der Waals surface area contributed by atoms with Crippen LogP contribution in [-0.4, -0.2) is 42.7 Å². The van der Waals surface area contributed by atoms with Gasteiger partial charge in [-0.05, 0) is 55.5 Å². The van der Waals surface area contributed by atoms with Gasteiger partial charge in [-0.1, -0.05) is 37.8 Å². The molecule has 168 valence electrons. The molecule has 2 heterocycles. The van der Waals surface area contributed by atoms with Crippen molar-refractivity contribution >= 4 is 15.9 Å². The van der Waals surface area contributed by atoms with E-state index in [1.54, 1.807) is 17.0 Å². The first-order chi connectivity index (χ1) is 14.9. The molecule has 4 rings (SSSR count). The molecule has 1 saturated carbocycles. The van der Waals surface area contributed by atoms with Crippen LogP contribution in [0.25, 0.3) is 0 Å². The van der Waals surface area contributed by atoms with Crippen molar-refractivity contribution in [3.63, 3.8) is 0 Å². The normalized spacial score (nSPS) is 18.7. The minimum Gasteiger partial charge on any atom is -0.438 e. The van der Waals surface area contributed by atoms with Gasteiger partial charge in [0.05, 0.1) is 0 Å². The van der Waals surface area contributed by atoms with E-state index >= 15 is 0 Å². The summed E-state index contributed by atoms with van der Waals surface area (Å²) in [7, 11) is -3.73. The summed E-state index contributed by atoms with van der Waals surface area (Å²) in [6.07, 6.45) is 7.72. The van der Waals surface area contributed by atoms with Crippen LogP contribution >= 0.6 is 0 Å². The number of carbonyl (C=O) groups is 1. The Balaban J connectivity index is 1.57. The maximum Gasteiger partial charge on any atom is 0.290 e. The molecular weight excluding hydrogens is 419 g/mol. The monoisotopic (exact) mass is 448 g/mol. The van der Waals surface area contributed by atoms with Crippen molar-refractivity contribution in [1.29, 1.82) is 0 Å². The molecular formula is C23H29FN2O4S. The largest absolute Gasteiger partial charge is 0.438 e. The second kappa shape index (κ2) is 9.53. The van der Waals surface area contributed by atoms with E-state index in [0.717, 1.165) is 56.9 Å². The van der Waals surface area contributed by atoms with Crippen molar-refractivity contribution in [2.24, 2.45) is 0 Å². The van der Waals surface area contributed by atoms with E-state index in [1.165, 1.54) is 28.6 Å². The van der Waals surface area contributed by atoms with Crippen LogP contribution in [0, 0.1) is 5.82 Å². The first-order valence-electron chi connectivity index (χ1n) is 11.1. The first kappa shape index (κ1) is 22.0. The zero-order valence-corrected chi connectivity index (χ0v) is 18.4. The molecule has 0 N–H and O–H groups in total. The van der Waals surface area contributed by atoms with Gasteiger partial charge in [0.2, 0.25) is 5.09 Å². The number of carbonyl (C=O) groups excluding carboxylic acids is 1. The van der Waals surface area contributed by atoms with Crippen molar-refractivity contribution in [2.45, 2.75) is 69.0 Å². The number of sulfonamides is 1. The first-order valence-corrected chi connectivity index (χ1v) is 12.5. The van der Waals surface area contributed by atoms with Crippen molar-refractivity contribution < 1.29 is 22.0 Å². The fraction of sp³-hybridized carbons (Fsp3) is 0.522. The van der Waals surface area contributed by atoms with E-state index in [0.29, 0.717) is 19.6 Å². The van der Waals surface area contributed by atoms with E-state index in [1.807, 2.05) is 0 Å². The summed E-state index contributed by atoms with van der Waals surface area (Å²) in [5, 5.41) is -0.178. The number of furan rings is 1. The molecule has 0 atom stereocenters. The van der Waals surface area contributed by atoms with E-state index in [2.05, 4.69) is 0 Å². The van der Waals surface area contributed by atoms with Gasteiger partial charge in [-0.2, -0.15) is 4.31 Å². The Morgan fingerprint density at radius 2 is 1.61 bits per heavy atom. The van der Waals surface area contributed by atoms with E-state index in [4.69, 9.17) is 4.42 Å². The summed E-state index contributed by atoms with van der Waals surface area (Å²) in [5.41, 5.74) is 0.827. The third kappa shape index (κ3) is 5.01. The Morgan fingerprint density at radius 1 is 0.968 bits per heavy atom. The van der Waals surface area contributed by atoms with Crippen LogP contribution < -0.4 is 0 Å². The number of hydrogen-bond donors (Lipinski definition) is 0. The fourth-order valence-electron chi connectivity index (χ4n) is 4.49. The highest BCUT2D eigenvalue weighted by molar-refractivity contribution is 7.89. The van der Waals surface area contributed by atoms with Gasteiger partial charge in [-0.25, -0.2) is 12.8 Å². The maximum atomic E-state index is 13.4. The lowest BCUT2D eigenvalue weighted by Gasteiger charge is -2.34. The highest BCUT2D eigenvalue weighted by Crippen LogP contribution is 2.28. The van der Waals surface area contributed by atoms with Gasteiger partial charge in [0.1, 0.15) is 5.82 Å². The predicted octanol–water partition coefficient (Wildman–Crippen LogP) is 4.57. The Morgan fingerprint density at radius 3 is 2.29 bits per heavy atom. The van der Waals surface area contributed by atoms with Gasteiger partial charge < -0.3 is 9.32 Å². The topological polar surface area (TPSA) is 70.8 Å². The standard InChI is InChI=1S/C23H29FN2O4S/c24-19-11-9-18(10-12-19)17-26(20-7-3-1-4-8-20)23(27)21-13-14-22(30-21)31(28,29)25-15-5-2-6-16-25/h9-14,20H,1-8,15-17H2. The Labute approximate surface area is 183 Å². The molecule has 8 heteroatoms. The Hall–Kier alpha value is -2.19. The molecule has 2 aliphatic rings. The highest BCUT2D eigenvalue weighted by atomic mass is 32.2. The zero-order chi connectivity index (χ0) is 21.8. The van der Waals surface area contributed by atoms with E-state index in [-0.39, 0.29) is 28.6 Å². The van der Waals surface area contributed by atoms with E-state index in [9.17, 15) is 17.6 Å². The molecule has 0 radical (unpaired) electrons. The molecule has 6 nitrogen and oxygen atoms in total. The van der Waals surface area contributed by atoms with Gasteiger partial charge in [-0.15, -0.1) is 0 Å². The van der Waals surface area contributed by atoms with Gasteiger partial charge in [0.15, 0.2) is 5.76 Å². The highest BCUT2D eigenvalue weighted by Gasteiger charge is 2.32. The predicted molar refractivity (Wildman–Crippen MR) is 114 cm³/mol. The van der Waals surface area contributed by atoms with Gasteiger partial charge in [-0.3, -0.25) is 4.79 Å². The summed E-state index contributed by atoms with van der Waals surface area (Å²) in [6.45, 7) is 1.29. The molecule has 1 aromatic carbocycles. The van der Waals surface area contributed by atoms with Crippen LogP contribution in [-0.2, 0) is 16.6 Å². The minimum absolute atomic E-state index is 0.0308. The molecule has 1 aromatic heterocycles. The lowest BCUT2D eigenvalue weighted by Crippen LogP contribution is -2.40. The van der Waals surface area contributed by atoms with Gasteiger partial charge in [0.25, 0.3) is 15.9 Å². The second-order valence-corrected chi connectivity index (χ2v) is 10.3. The lowest BCUT2D eigenvalue weighted by molar-refractivity contribution is 0.0575. The second-order valence-electron chi connectivity index (χ2n) is 8.43. The number of benzene rings is 1. The maximum absolute atomic E-state index is 13.4. The van der Waals surface area contributed by atoms with Crippen LogP contribution in [0.1, 0.15) is 67.5 Å². The Bertz CT molecular complexity index is 991. The number of piperidine rings is 1. The molecule has 1 aliphatic carbocycles. The van der Waals surface area contributed by atoms with Crippen LogP contribution in [0.2, 0.25) is 0 Å². The number of nitrogens with zero attached hydrogens (tertiary/aromatic N) is 2. The smallest absolute Gasteiger partial charge is 0.290 e. The summed E-state index contributed by atoms with van der Waals surface area (Å²) in [6, 6.07) is 9.01. The minimum atomic E-state index is -3.73. The van der Waals surface area contributed by atoms with Crippen LogP contribution in [0.4, 0.5) is 4.39 Å². The molecule has 0 spiro atoms. The Kier molecular flexibility index (Phi) is 6.77. The molecule has 2 aromatic rings. The molecule has 1 aliphatic heterocycles. The molecule has 0 unspecified atom stereocenters. The van der Waals surface area contributed by atoms with Crippen molar-refractivity contribution in [2.75, 3.05) is 13.1 Å². The molecule has 1 amide bonds. The number of amides is 1. The summed E-state index contributed by atoms with van der Waals surface area (Å²) < 4.78 is 46.1.